The summed E-state index contributed by atoms with van der Waals surface area (Å²) in [5.74, 6) is 0.676. The molecule has 1 aromatic heterocycles. The van der Waals surface area contributed by atoms with Crippen LogP contribution in [0.3, 0.4) is 0 Å². The van der Waals surface area contributed by atoms with Crippen molar-refractivity contribution in [3.05, 3.63) is 17.0 Å². The van der Waals surface area contributed by atoms with Gasteiger partial charge >= 0.3 is 0 Å². The smallest absolute Gasteiger partial charge is 0.224 e. The van der Waals surface area contributed by atoms with Gasteiger partial charge in [-0.25, -0.2) is 0 Å². The van der Waals surface area contributed by atoms with E-state index in [2.05, 4.69) is 29.4 Å². The van der Waals surface area contributed by atoms with E-state index in [9.17, 15) is 4.79 Å². The number of aryl methyl sites for hydroxylation is 2. The summed E-state index contributed by atoms with van der Waals surface area (Å²) in [5.41, 5.74) is 2.92. The van der Waals surface area contributed by atoms with Gasteiger partial charge in [0.15, 0.2) is 0 Å². The number of hydrogen-bond acceptors (Lipinski definition) is 2. The van der Waals surface area contributed by atoms with E-state index >= 15 is 0 Å². The fourth-order valence-corrected chi connectivity index (χ4v) is 1.89. The molecule has 4 nitrogen and oxygen atoms in total. The molecular weight excluding hydrogens is 214 g/mol. The van der Waals surface area contributed by atoms with Crippen molar-refractivity contribution >= 4 is 5.91 Å². The predicted octanol–water partition coefficient (Wildman–Crippen LogP) is 2.12. The summed E-state index contributed by atoms with van der Waals surface area (Å²) >= 11 is 0. The first-order valence-corrected chi connectivity index (χ1v) is 6.35. The Hall–Kier alpha value is -1.32. The monoisotopic (exact) mass is 237 g/mol. The number of carbonyl (C=O) groups is 1. The molecule has 1 rings (SSSR count). The third-order valence-electron chi connectivity index (χ3n) is 3.36. The van der Waals surface area contributed by atoms with Gasteiger partial charge < -0.3 is 5.32 Å². The number of H-pyrrole nitrogens is 1. The van der Waals surface area contributed by atoms with Gasteiger partial charge in [0.25, 0.3) is 0 Å². The summed E-state index contributed by atoms with van der Waals surface area (Å²) in [6.07, 6.45) is 2.65. The van der Waals surface area contributed by atoms with Crippen LogP contribution in [-0.2, 0) is 11.2 Å². The molecule has 0 saturated carbocycles. The van der Waals surface area contributed by atoms with Crippen molar-refractivity contribution in [1.82, 2.24) is 15.5 Å². The lowest BCUT2D eigenvalue weighted by Gasteiger charge is -2.13. The van der Waals surface area contributed by atoms with Crippen LogP contribution in [0.1, 0.15) is 43.6 Å². The Balaban J connectivity index is 2.45. The first-order chi connectivity index (χ1) is 8.08. The Morgan fingerprint density at radius 2 is 2.00 bits per heavy atom. The summed E-state index contributed by atoms with van der Waals surface area (Å²) in [4.78, 5) is 11.8. The van der Waals surface area contributed by atoms with Gasteiger partial charge in [-0.1, -0.05) is 26.7 Å². The first-order valence-electron chi connectivity index (χ1n) is 6.35. The highest BCUT2D eigenvalue weighted by atomic mass is 16.1. The zero-order chi connectivity index (χ0) is 12.8. The van der Waals surface area contributed by atoms with Gasteiger partial charge in [-0.3, -0.25) is 9.89 Å². The van der Waals surface area contributed by atoms with Gasteiger partial charge in [0, 0.05) is 17.8 Å². The maximum Gasteiger partial charge on any atom is 0.224 e. The van der Waals surface area contributed by atoms with E-state index in [4.69, 9.17) is 0 Å². The Morgan fingerprint density at radius 1 is 1.35 bits per heavy atom. The highest BCUT2D eigenvalue weighted by Gasteiger charge is 2.12. The highest BCUT2D eigenvalue weighted by Crippen LogP contribution is 2.10. The number of nitrogens with one attached hydrogen (secondary N) is 2. The fourth-order valence-electron chi connectivity index (χ4n) is 1.89. The van der Waals surface area contributed by atoms with Crippen LogP contribution in [0.15, 0.2) is 0 Å². The number of hydrogen-bond donors (Lipinski definition) is 2. The highest BCUT2D eigenvalue weighted by molar-refractivity contribution is 5.79. The van der Waals surface area contributed by atoms with Gasteiger partial charge in [0.1, 0.15) is 0 Å². The Bertz CT molecular complexity index is 347. The molecule has 0 spiro atoms. The van der Waals surface area contributed by atoms with E-state index in [-0.39, 0.29) is 5.91 Å². The molecule has 0 radical (unpaired) electrons. The molecule has 0 saturated heterocycles. The standard InChI is InChI=1S/C13H23N3O/c1-5-11(6-2)8-14-13(17)7-12-9(3)15-16-10(12)4/h11H,5-8H2,1-4H3,(H,14,17)(H,15,16). The minimum Gasteiger partial charge on any atom is -0.356 e. The van der Waals surface area contributed by atoms with Crippen molar-refractivity contribution in [2.75, 3.05) is 6.54 Å². The van der Waals surface area contributed by atoms with Gasteiger partial charge in [-0.05, 0) is 19.8 Å². The second-order valence-electron chi connectivity index (χ2n) is 4.58. The van der Waals surface area contributed by atoms with E-state index in [1.807, 2.05) is 13.8 Å². The zero-order valence-corrected chi connectivity index (χ0v) is 11.3. The normalized spacial score (nSPS) is 10.9. The predicted molar refractivity (Wildman–Crippen MR) is 68.8 cm³/mol. The number of aromatic nitrogens is 2. The van der Waals surface area contributed by atoms with Crippen molar-refractivity contribution < 1.29 is 4.79 Å². The summed E-state index contributed by atoms with van der Waals surface area (Å²) in [5, 5.41) is 9.99. The summed E-state index contributed by atoms with van der Waals surface area (Å²) < 4.78 is 0. The second kappa shape index (κ2) is 6.42. The number of amides is 1. The van der Waals surface area contributed by atoms with Crippen molar-refractivity contribution in [1.29, 1.82) is 0 Å². The van der Waals surface area contributed by atoms with Crippen LogP contribution in [0.25, 0.3) is 0 Å². The van der Waals surface area contributed by atoms with Crippen LogP contribution in [0.2, 0.25) is 0 Å². The van der Waals surface area contributed by atoms with Crippen molar-refractivity contribution in [3.63, 3.8) is 0 Å². The fraction of sp³-hybridized carbons (Fsp3) is 0.692. The number of carbonyl (C=O) groups excluding carboxylic acids is 1. The van der Waals surface area contributed by atoms with Crippen LogP contribution < -0.4 is 5.32 Å². The third kappa shape index (κ3) is 3.88. The lowest BCUT2D eigenvalue weighted by atomic mass is 10.0. The Kier molecular flexibility index (Phi) is 5.19. The molecule has 0 atom stereocenters. The molecule has 0 aliphatic rings. The molecule has 17 heavy (non-hydrogen) atoms. The second-order valence-corrected chi connectivity index (χ2v) is 4.58. The van der Waals surface area contributed by atoms with E-state index in [0.717, 1.165) is 36.3 Å². The lowest BCUT2D eigenvalue weighted by Crippen LogP contribution is -2.30. The largest absolute Gasteiger partial charge is 0.356 e. The van der Waals surface area contributed by atoms with Crippen LogP contribution in [0, 0.1) is 19.8 Å². The number of nitrogens with zero attached hydrogens (tertiary/aromatic N) is 1. The van der Waals surface area contributed by atoms with Crippen LogP contribution in [0.4, 0.5) is 0 Å². The summed E-state index contributed by atoms with van der Waals surface area (Å²) in [6.45, 7) is 8.97. The molecule has 0 aliphatic heterocycles. The van der Waals surface area contributed by atoms with E-state index in [1.165, 1.54) is 0 Å². The molecule has 1 aromatic rings. The van der Waals surface area contributed by atoms with Gasteiger partial charge in [-0.2, -0.15) is 5.10 Å². The molecule has 1 heterocycles. The van der Waals surface area contributed by atoms with Crippen molar-refractivity contribution in [2.24, 2.45) is 5.92 Å². The molecule has 0 aromatic carbocycles. The Morgan fingerprint density at radius 3 is 2.47 bits per heavy atom. The SMILES string of the molecule is CCC(CC)CNC(=O)Cc1c(C)n[nH]c1C. The van der Waals surface area contributed by atoms with E-state index in [0.29, 0.717) is 12.3 Å². The minimum atomic E-state index is 0.0875. The maximum absolute atomic E-state index is 11.8. The summed E-state index contributed by atoms with van der Waals surface area (Å²) in [7, 11) is 0. The van der Waals surface area contributed by atoms with Gasteiger partial charge in [0.05, 0.1) is 12.1 Å². The van der Waals surface area contributed by atoms with E-state index in [1.54, 1.807) is 0 Å². The van der Waals surface area contributed by atoms with Crippen LogP contribution in [-0.4, -0.2) is 22.6 Å². The molecule has 0 unspecified atom stereocenters. The zero-order valence-electron chi connectivity index (χ0n) is 11.3. The molecule has 96 valence electrons. The average molecular weight is 237 g/mol. The van der Waals surface area contributed by atoms with Crippen LogP contribution in [0.5, 0.6) is 0 Å². The summed E-state index contributed by atoms with van der Waals surface area (Å²) in [6, 6.07) is 0. The van der Waals surface area contributed by atoms with Crippen LogP contribution >= 0.6 is 0 Å². The molecule has 4 heteroatoms. The van der Waals surface area contributed by atoms with Crippen molar-refractivity contribution in [3.8, 4) is 0 Å². The van der Waals surface area contributed by atoms with Gasteiger partial charge in [-0.15, -0.1) is 0 Å². The maximum atomic E-state index is 11.8. The lowest BCUT2D eigenvalue weighted by molar-refractivity contribution is -0.120. The molecule has 2 N–H and O–H groups in total. The Labute approximate surface area is 103 Å². The number of rotatable bonds is 6. The van der Waals surface area contributed by atoms with Gasteiger partial charge in [0.2, 0.25) is 5.91 Å². The molecule has 1 amide bonds. The van der Waals surface area contributed by atoms with Crippen molar-refractivity contribution in [2.45, 2.75) is 47.0 Å². The minimum absolute atomic E-state index is 0.0875. The number of aromatic amines is 1. The third-order valence-corrected chi connectivity index (χ3v) is 3.36. The molecule has 0 fully saturated rings. The van der Waals surface area contributed by atoms with E-state index < -0.39 is 0 Å². The quantitative estimate of drug-likeness (QED) is 0.796. The molecule has 0 aliphatic carbocycles. The average Bonchev–Trinajstić information content (AvgIpc) is 2.62. The topological polar surface area (TPSA) is 57.8 Å². The first kappa shape index (κ1) is 13.7. The molecule has 0 bridgehead atoms. The molecular formula is C13H23N3O.